The quantitative estimate of drug-likeness (QED) is 0.619. The Balaban J connectivity index is 2.67. The molecule has 0 spiro atoms. The fraction of sp³-hybridized carbons (Fsp3) is 0.286. The molecule has 0 bridgehead atoms. The molecule has 0 radical (unpaired) electrons. The maximum absolute atomic E-state index is 5.44. The Kier molecular flexibility index (Phi) is 1.76. The van der Waals surface area contributed by atoms with Gasteiger partial charge in [-0.15, -0.1) is 0 Å². The van der Waals surface area contributed by atoms with Crippen LogP contribution in [0.15, 0.2) is 24.5 Å². The van der Waals surface area contributed by atoms with Gasteiger partial charge in [0.25, 0.3) is 0 Å². The predicted octanol–water partition coefficient (Wildman–Crippen LogP) is 1.04. The fourth-order valence-corrected chi connectivity index (χ4v) is 0.743. The van der Waals surface area contributed by atoms with Crippen molar-refractivity contribution in [3.05, 3.63) is 24.5 Å². The first kappa shape index (κ1) is 6.86. The Labute approximate surface area is 60.1 Å². The lowest BCUT2D eigenvalue weighted by molar-refractivity contribution is 0.679. The van der Waals surface area contributed by atoms with E-state index in [2.05, 4.69) is 11.7 Å². The lowest BCUT2D eigenvalue weighted by Gasteiger charge is -1.97. The molecule has 0 amide bonds. The third-order valence-electron chi connectivity index (χ3n) is 1.09. The second-order valence-corrected chi connectivity index (χ2v) is 2.43. The monoisotopic (exact) mass is 137 g/mol. The van der Waals surface area contributed by atoms with Crippen LogP contribution in [0.2, 0.25) is 0 Å². The molecule has 1 heterocycles. The van der Waals surface area contributed by atoms with E-state index < -0.39 is 0 Å². The van der Waals surface area contributed by atoms with Gasteiger partial charge in [0.2, 0.25) is 0 Å². The number of nitrogens with two attached hydrogens (primary N) is 1. The molecule has 0 unspecified atom stereocenters. The molecule has 3 nitrogen and oxygen atoms in total. The highest BCUT2D eigenvalue weighted by atomic mass is 15.3. The molecule has 54 valence electrons. The summed E-state index contributed by atoms with van der Waals surface area (Å²) in [4.78, 5) is 0. The van der Waals surface area contributed by atoms with Crippen LogP contribution in [0.1, 0.15) is 6.92 Å². The Morgan fingerprint density at radius 2 is 2.60 bits per heavy atom. The minimum Gasteiger partial charge on any atom is -0.396 e. The van der Waals surface area contributed by atoms with Crippen LogP contribution in [-0.4, -0.2) is 9.78 Å². The standard InChI is InChI=1S/C7H11N3/c1-6(2)4-10-5-7(8)3-9-10/h3,5H,1,4,8H2,2H3. The second-order valence-electron chi connectivity index (χ2n) is 2.43. The highest BCUT2D eigenvalue weighted by Crippen LogP contribution is 2.00. The third-order valence-corrected chi connectivity index (χ3v) is 1.09. The van der Waals surface area contributed by atoms with E-state index in [-0.39, 0.29) is 0 Å². The van der Waals surface area contributed by atoms with Gasteiger partial charge in [0.15, 0.2) is 0 Å². The first-order valence-corrected chi connectivity index (χ1v) is 3.11. The van der Waals surface area contributed by atoms with Gasteiger partial charge in [0, 0.05) is 6.20 Å². The zero-order chi connectivity index (χ0) is 7.56. The first-order chi connectivity index (χ1) is 4.68. The molecule has 0 aliphatic carbocycles. The smallest absolute Gasteiger partial charge is 0.0719 e. The van der Waals surface area contributed by atoms with Crippen LogP contribution in [0.5, 0.6) is 0 Å². The third kappa shape index (κ3) is 1.62. The van der Waals surface area contributed by atoms with Crippen LogP contribution in [0, 0.1) is 0 Å². The Morgan fingerprint density at radius 3 is 3.00 bits per heavy atom. The summed E-state index contributed by atoms with van der Waals surface area (Å²) in [5.74, 6) is 0. The Hall–Kier alpha value is -1.25. The largest absolute Gasteiger partial charge is 0.396 e. The highest BCUT2D eigenvalue weighted by molar-refractivity contribution is 5.30. The minimum atomic E-state index is 0.696. The fourth-order valence-electron chi connectivity index (χ4n) is 0.743. The number of allylic oxidation sites excluding steroid dienone is 1. The number of nitrogens with zero attached hydrogens (tertiary/aromatic N) is 2. The van der Waals surface area contributed by atoms with E-state index in [9.17, 15) is 0 Å². The molecule has 0 aromatic carbocycles. The molecule has 0 saturated carbocycles. The molecule has 10 heavy (non-hydrogen) atoms. The van der Waals surface area contributed by atoms with E-state index in [1.165, 1.54) is 0 Å². The summed E-state index contributed by atoms with van der Waals surface area (Å²) in [6, 6.07) is 0. The number of hydrogen-bond acceptors (Lipinski definition) is 2. The van der Waals surface area contributed by atoms with Gasteiger partial charge < -0.3 is 5.73 Å². The zero-order valence-corrected chi connectivity index (χ0v) is 6.04. The SMILES string of the molecule is C=C(C)Cn1cc(N)cn1. The van der Waals surface area contributed by atoms with Gasteiger partial charge >= 0.3 is 0 Å². The van der Waals surface area contributed by atoms with Gasteiger partial charge in [-0.2, -0.15) is 5.10 Å². The molecule has 0 atom stereocenters. The summed E-state index contributed by atoms with van der Waals surface area (Å²) in [7, 11) is 0. The van der Waals surface area contributed by atoms with Crippen LogP contribution in [0.25, 0.3) is 0 Å². The summed E-state index contributed by atoms with van der Waals surface area (Å²) < 4.78 is 1.76. The van der Waals surface area contributed by atoms with Crippen molar-refractivity contribution in [1.29, 1.82) is 0 Å². The summed E-state index contributed by atoms with van der Waals surface area (Å²) in [6.45, 7) is 6.46. The Bertz CT molecular complexity index is 237. The molecule has 0 aliphatic heterocycles. The van der Waals surface area contributed by atoms with Gasteiger partial charge in [0.05, 0.1) is 18.4 Å². The predicted molar refractivity (Wildman–Crippen MR) is 41.5 cm³/mol. The number of anilines is 1. The lowest BCUT2D eigenvalue weighted by atomic mass is 10.3. The number of aromatic nitrogens is 2. The summed E-state index contributed by atoms with van der Waals surface area (Å²) >= 11 is 0. The summed E-state index contributed by atoms with van der Waals surface area (Å²) in [5.41, 5.74) is 7.21. The van der Waals surface area contributed by atoms with Crippen molar-refractivity contribution in [2.24, 2.45) is 0 Å². The summed E-state index contributed by atoms with van der Waals surface area (Å²) in [5, 5.41) is 3.99. The normalized spacial score (nSPS) is 9.70. The van der Waals surface area contributed by atoms with Crippen molar-refractivity contribution in [2.75, 3.05) is 5.73 Å². The van der Waals surface area contributed by atoms with Gasteiger partial charge in [-0.1, -0.05) is 12.2 Å². The molecule has 2 N–H and O–H groups in total. The van der Waals surface area contributed by atoms with Crippen molar-refractivity contribution in [1.82, 2.24) is 9.78 Å². The molecular weight excluding hydrogens is 126 g/mol. The lowest BCUT2D eigenvalue weighted by Crippen LogP contribution is -1.97. The van der Waals surface area contributed by atoms with E-state index in [1.807, 2.05) is 6.92 Å². The van der Waals surface area contributed by atoms with Crippen LogP contribution >= 0.6 is 0 Å². The average molecular weight is 137 g/mol. The molecular formula is C7H11N3. The van der Waals surface area contributed by atoms with Crippen molar-refractivity contribution >= 4 is 5.69 Å². The van der Waals surface area contributed by atoms with Gasteiger partial charge in [-0.3, -0.25) is 4.68 Å². The Morgan fingerprint density at radius 1 is 1.90 bits per heavy atom. The highest BCUT2D eigenvalue weighted by Gasteiger charge is 1.92. The van der Waals surface area contributed by atoms with Gasteiger partial charge in [-0.05, 0) is 6.92 Å². The molecule has 1 aromatic heterocycles. The molecule has 3 heteroatoms. The molecule has 0 fully saturated rings. The minimum absolute atomic E-state index is 0.696. The van der Waals surface area contributed by atoms with E-state index in [1.54, 1.807) is 17.1 Å². The van der Waals surface area contributed by atoms with Crippen LogP contribution in [-0.2, 0) is 6.54 Å². The maximum Gasteiger partial charge on any atom is 0.0719 e. The van der Waals surface area contributed by atoms with Crippen molar-refractivity contribution in [2.45, 2.75) is 13.5 Å². The van der Waals surface area contributed by atoms with Crippen LogP contribution < -0.4 is 5.73 Å². The molecule has 1 aromatic rings. The average Bonchev–Trinajstić information content (AvgIpc) is 2.13. The van der Waals surface area contributed by atoms with Crippen molar-refractivity contribution < 1.29 is 0 Å². The molecule has 0 saturated heterocycles. The molecule has 0 aliphatic rings. The van der Waals surface area contributed by atoms with E-state index >= 15 is 0 Å². The first-order valence-electron chi connectivity index (χ1n) is 3.11. The van der Waals surface area contributed by atoms with Crippen molar-refractivity contribution in [3.63, 3.8) is 0 Å². The number of rotatable bonds is 2. The van der Waals surface area contributed by atoms with Crippen molar-refractivity contribution in [3.8, 4) is 0 Å². The zero-order valence-electron chi connectivity index (χ0n) is 6.04. The topological polar surface area (TPSA) is 43.8 Å². The number of hydrogen-bond donors (Lipinski definition) is 1. The van der Waals surface area contributed by atoms with Crippen LogP contribution in [0.3, 0.4) is 0 Å². The second kappa shape index (κ2) is 2.56. The van der Waals surface area contributed by atoms with E-state index in [0.29, 0.717) is 5.69 Å². The van der Waals surface area contributed by atoms with E-state index in [0.717, 1.165) is 12.1 Å². The van der Waals surface area contributed by atoms with Gasteiger partial charge in [0.1, 0.15) is 0 Å². The molecule has 1 rings (SSSR count). The summed E-state index contributed by atoms with van der Waals surface area (Å²) in [6.07, 6.45) is 3.41. The maximum atomic E-state index is 5.44. The number of nitrogen functional groups attached to an aromatic ring is 1. The van der Waals surface area contributed by atoms with Crippen LogP contribution in [0.4, 0.5) is 5.69 Å². The van der Waals surface area contributed by atoms with E-state index in [4.69, 9.17) is 5.73 Å². The van der Waals surface area contributed by atoms with Gasteiger partial charge in [-0.25, -0.2) is 0 Å².